The molecule has 1 aliphatic carbocycles. The summed E-state index contributed by atoms with van der Waals surface area (Å²) >= 11 is 0. The second-order valence-electron chi connectivity index (χ2n) is 5.66. The fourth-order valence-corrected chi connectivity index (χ4v) is 3.58. The molecule has 0 bridgehead atoms. The van der Waals surface area contributed by atoms with Crippen molar-refractivity contribution in [3.05, 3.63) is 24.3 Å². The highest BCUT2D eigenvalue weighted by molar-refractivity contribution is 7.91. The summed E-state index contributed by atoms with van der Waals surface area (Å²) in [5.74, 6) is -2.76. The molecule has 0 spiro atoms. The Hall–Kier alpha value is -1.17. The molecule has 118 valence electrons. The second kappa shape index (κ2) is 6.73. The topological polar surface area (TPSA) is 46.2 Å². The summed E-state index contributed by atoms with van der Waals surface area (Å²) in [6.07, 6.45) is 6.20. The van der Waals surface area contributed by atoms with Gasteiger partial charge in [-0.25, -0.2) is 8.42 Å². The standard InChI is InChI=1S/C15H21F2NO2S/c1-11(12-5-3-2-4-6-12)18-13-7-9-14(10-8-13)21(19,20)15(16)17/h7-12,15,18H,2-6H2,1H3. The third kappa shape index (κ3) is 3.93. The molecule has 1 N–H and O–H groups in total. The summed E-state index contributed by atoms with van der Waals surface area (Å²) in [5, 5.41) is 3.34. The molecule has 1 aromatic carbocycles. The van der Waals surface area contributed by atoms with Crippen LogP contribution in [0, 0.1) is 5.92 Å². The van der Waals surface area contributed by atoms with Crippen molar-refractivity contribution in [1.82, 2.24) is 0 Å². The van der Waals surface area contributed by atoms with Crippen LogP contribution < -0.4 is 5.32 Å². The van der Waals surface area contributed by atoms with E-state index in [1.165, 1.54) is 44.2 Å². The Kier molecular flexibility index (Phi) is 5.19. The van der Waals surface area contributed by atoms with Crippen LogP contribution in [0.25, 0.3) is 0 Å². The number of hydrogen-bond donors (Lipinski definition) is 1. The largest absolute Gasteiger partial charge is 0.382 e. The lowest BCUT2D eigenvalue weighted by molar-refractivity contribution is 0.234. The SMILES string of the molecule is CC(Nc1ccc(S(=O)(=O)C(F)F)cc1)C1CCCCC1. The lowest BCUT2D eigenvalue weighted by atomic mass is 9.84. The summed E-state index contributed by atoms with van der Waals surface area (Å²) in [5.41, 5.74) is 0.765. The summed E-state index contributed by atoms with van der Waals surface area (Å²) in [7, 11) is -4.50. The molecule has 1 fully saturated rings. The molecular weight excluding hydrogens is 296 g/mol. The monoisotopic (exact) mass is 317 g/mol. The second-order valence-corrected chi connectivity index (χ2v) is 7.58. The van der Waals surface area contributed by atoms with Crippen molar-refractivity contribution in [2.75, 3.05) is 5.32 Å². The summed E-state index contributed by atoms with van der Waals surface area (Å²) in [4.78, 5) is -0.339. The number of halogens is 2. The van der Waals surface area contributed by atoms with Gasteiger partial charge in [-0.05, 0) is 49.9 Å². The molecule has 1 saturated carbocycles. The average Bonchev–Trinajstić information content (AvgIpc) is 2.48. The number of nitrogens with one attached hydrogen (secondary N) is 1. The zero-order valence-electron chi connectivity index (χ0n) is 12.1. The van der Waals surface area contributed by atoms with Crippen molar-refractivity contribution in [1.29, 1.82) is 0 Å². The van der Waals surface area contributed by atoms with Gasteiger partial charge < -0.3 is 5.32 Å². The van der Waals surface area contributed by atoms with Crippen LogP contribution >= 0.6 is 0 Å². The lowest BCUT2D eigenvalue weighted by Crippen LogP contribution is -2.27. The highest BCUT2D eigenvalue weighted by Crippen LogP contribution is 2.28. The Morgan fingerprint density at radius 2 is 1.67 bits per heavy atom. The van der Waals surface area contributed by atoms with Gasteiger partial charge in [0.2, 0.25) is 9.84 Å². The van der Waals surface area contributed by atoms with E-state index in [0.29, 0.717) is 12.0 Å². The lowest BCUT2D eigenvalue weighted by Gasteiger charge is -2.29. The molecule has 21 heavy (non-hydrogen) atoms. The van der Waals surface area contributed by atoms with E-state index in [1.807, 2.05) is 0 Å². The summed E-state index contributed by atoms with van der Waals surface area (Å²) in [6, 6.07) is 5.86. The predicted octanol–water partition coefficient (Wildman–Crippen LogP) is 4.06. The normalized spacial score (nSPS) is 18.7. The number of sulfone groups is 1. The minimum atomic E-state index is -4.50. The molecule has 0 aliphatic heterocycles. The summed E-state index contributed by atoms with van der Waals surface area (Å²) in [6.45, 7) is 2.11. The van der Waals surface area contributed by atoms with Gasteiger partial charge >= 0.3 is 5.76 Å². The number of anilines is 1. The quantitative estimate of drug-likeness (QED) is 0.890. The van der Waals surface area contributed by atoms with Gasteiger partial charge in [-0.1, -0.05) is 19.3 Å². The van der Waals surface area contributed by atoms with Gasteiger partial charge in [0.15, 0.2) is 0 Å². The molecule has 0 radical (unpaired) electrons. The van der Waals surface area contributed by atoms with E-state index in [1.54, 1.807) is 12.1 Å². The Bertz CT molecular complexity index is 552. The fraction of sp³-hybridized carbons (Fsp3) is 0.600. The number of benzene rings is 1. The molecule has 1 atom stereocenters. The maximum Gasteiger partial charge on any atom is 0.341 e. The van der Waals surface area contributed by atoms with E-state index in [-0.39, 0.29) is 4.90 Å². The van der Waals surface area contributed by atoms with E-state index in [0.717, 1.165) is 5.69 Å². The molecule has 1 aliphatic rings. The highest BCUT2D eigenvalue weighted by Gasteiger charge is 2.26. The van der Waals surface area contributed by atoms with Gasteiger partial charge in [0.25, 0.3) is 0 Å². The zero-order valence-corrected chi connectivity index (χ0v) is 12.9. The van der Waals surface area contributed by atoms with Crippen molar-refractivity contribution in [2.24, 2.45) is 5.92 Å². The molecule has 0 amide bonds. The van der Waals surface area contributed by atoms with E-state index in [2.05, 4.69) is 12.2 Å². The first-order valence-electron chi connectivity index (χ1n) is 7.30. The zero-order chi connectivity index (χ0) is 15.5. The van der Waals surface area contributed by atoms with Crippen molar-refractivity contribution in [3.63, 3.8) is 0 Å². The molecule has 1 unspecified atom stereocenters. The molecule has 0 saturated heterocycles. The third-order valence-electron chi connectivity index (χ3n) is 4.17. The van der Waals surface area contributed by atoms with Gasteiger partial charge in [0.05, 0.1) is 4.90 Å². The maximum atomic E-state index is 12.4. The predicted molar refractivity (Wildman–Crippen MR) is 79.3 cm³/mol. The van der Waals surface area contributed by atoms with Crippen LogP contribution in [0.1, 0.15) is 39.0 Å². The number of hydrogen-bond acceptors (Lipinski definition) is 3. The van der Waals surface area contributed by atoms with Crippen LogP contribution in [0.2, 0.25) is 0 Å². The molecule has 3 nitrogen and oxygen atoms in total. The highest BCUT2D eigenvalue weighted by atomic mass is 32.2. The average molecular weight is 317 g/mol. The number of rotatable bonds is 5. The Balaban J connectivity index is 2.02. The van der Waals surface area contributed by atoms with Gasteiger partial charge in [0, 0.05) is 11.7 Å². The molecule has 1 aromatic rings. The van der Waals surface area contributed by atoms with Crippen molar-refractivity contribution >= 4 is 15.5 Å². The molecule has 0 heterocycles. The fourth-order valence-electron chi connectivity index (χ4n) is 2.86. The van der Waals surface area contributed by atoms with E-state index in [9.17, 15) is 17.2 Å². The third-order valence-corrected chi connectivity index (χ3v) is 5.57. The van der Waals surface area contributed by atoms with Crippen LogP contribution in [0.4, 0.5) is 14.5 Å². The van der Waals surface area contributed by atoms with Crippen LogP contribution in [0.3, 0.4) is 0 Å². The minimum Gasteiger partial charge on any atom is -0.382 e. The van der Waals surface area contributed by atoms with E-state index in [4.69, 9.17) is 0 Å². The molecule has 6 heteroatoms. The van der Waals surface area contributed by atoms with Crippen LogP contribution in [-0.2, 0) is 9.84 Å². The van der Waals surface area contributed by atoms with E-state index >= 15 is 0 Å². The Labute approximate surface area is 124 Å². The molecule has 2 rings (SSSR count). The minimum absolute atomic E-state index is 0.294. The smallest absolute Gasteiger partial charge is 0.341 e. The number of alkyl halides is 2. The first-order valence-corrected chi connectivity index (χ1v) is 8.84. The van der Waals surface area contributed by atoms with Gasteiger partial charge in [-0.15, -0.1) is 0 Å². The van der Waals surface area contributed by atoms with Gasteiger partial charge in [0.1, 0.15) is 0 Å². The summed E-state index contributed by atoms with van der Waals surface area (Å²) < 4.78 is 47.6. The van der Waals surface area contributed by atoms with Crippen LogP contribution in [-0.4, -0.2) is 20.2 Å². The van der Waals surface area contributed by atoms with Crippen LogP contribution in [0.5, 0.6) is 0 Å². The van der Waals surface area contributed by atoms with Gasteiger partial charge in [-0.3, -0.25) is 0 Å². The van der Waals surface area contributed by atoms with Crippen molar-refractivity contribution in [2.45, 2.75) is 55.7 Å². The van der Waals surface area contributed by atoms with Gasteiger partial charge in [-0.2, -0.15) is 8.78 Å². The van der Waals surface area contributed by atoms with E-state index < -0.39 is 15.6 Å². The molecular formula is C15H21F2NO2S. The van der Waals surface area contributed by atoms with Crippen LogP contribution in [0.15, 0.2) is 29.2 Å². The van der Waals surface area contributed by atoms with Crippen molar-refractivity contribution in [3.8, 4) is 0 Å². The first-order chi connectivity index (χ1) is 9.91. The maximum absolute atomic E-state index is 12.4. The first kappa shape index (κ1) is 16.2. The molecule has 0 aromatic heterocycles. The Morgan fingerprint density at radius 1 is 1.10 bits per heavy atom. The Morgan fingerprint density at radius 3 is 2.19 bits per heavy atom. The van der Waals surface area contributed by atoms with Crippen molar-refractivity contribution < 1.29 is 17.2 Å².